The number of hydrogen-bond acceptors (Lipinski definition) is 4. The van der Waals surface area contributed by atoms with Gasteiger partial charge >= 0.3 is 0 Å². The molecule has 1 N–H and O–H groups in total. The quantitative estimate of drug-likeness (QED) is 0.262. The predicted molar refractivity (Wildman–Crippen MR) is 157 cm³/mol. The van der Waals surface area contributed by atoms with Gasteiger partial charge in [0.2, 0.25) is 21.8 Å². The first-order chi connectivity index (χ1) is 19.0. The molecule has 3 aromatic carbocycles. The average molecular weight is 609 g/mol. The maximum atomic E-state index is 14.0. The highest BCUT2D eigenvalue weighted by atomic mass is 35.5. The molecule has 2 amide bonds. The molecular weight excluding hydrogens is 576 g/mol. The van der Waals surface area contributed by atoms with Gasteiger partial charge in [-0.05, 0) is 42.3 Å². The number of hydrogen-bond donors (Lipinski definition) is 1. The van der Waals surface area contributed by atoms with E-state index in [-0.39, 0.29) is 18.7 Å². The fourth-order valence-electron chi connectivity index (χ4n) is 4.16. The zero-order valence-corrected chi connectivity index (χ0v) is 24.6. The lowest BCUT2D eigenvalue weighted by molar-refractivity contribution is -0.140. The van der Waals surface area contributed by atoms with Crippen LogP contribution in [0.3, 0.4) is 0 Å². The second-order valence-electron chi connectivity index (χ2n) is 9.32. The van der Waals surface area contributed by atoms with Crippen LogP contribution in [0.4, 0.5) is 10.1 Å². The Morgan fingerprint density at radius 3 is 2.23 bits per heavy atom. The van der Waals surface area contributed by atoms with Gasteiger partial charge in [0.05, 0.1) is 11.9 Å². The lowest BCUT2D eigenvalue weighted by atomic mass is 10.0. The van der Waals surface area contributed by atoms with Crippen molar-refractivity contribution in [3.05, 3.63) is 99.8 Å². The van der Waals surface area contributed by atoms with Crippen molar-refractivity contribution in [2.75, 3.05) is 23.7 Å². The molecule has 40 heavy (non-hydrogen) atoms. The maximum Gasteiger partial charge on any atom is 0.244 e. The second kappa shape index (κ2) is 14.5. The molecule has 0 radical (unpaired) electrons. The van der Waals surface area contributed by atoms with Crippen LogP contribution in [-0.2, 0) is 32.6 Å². The van der Waals surface area contributed by atoms with Gasteiger partial charge in [-0.3, -0.25) is 13.9 Å². The molecule has 0 bridgehead atoms. The van der Waals surface area contributed by atoms with E-state index in [1.165, 1.54) is 23.1 Å². The minimum atomic E-state index is -4.01. The number of carbonyl (C=O) groups is 2. The van der Waals surface area contributed by atoms with Gasteiger partial charge in [0.1, 0.15) is 18.4 Å². The lowest BCUT2D eigenvalue weighted by Crippen LogP contribution is -2.53. The molecule has 0 spiro atoms. The smallest absolute Gasteiger partial charge is 0.244 e. The number of benzene rings is 3. The number of amides is 2. The molecule has 0 aliphatic rings. The highest BCUT2D eigenvalue weighted by Gasteiger charge is 2.33. The molecule has 214 valence electrons. The van der Waals surface area contributed by atoms with Crippen LogP contribution in [0.15, 0.2) is 72.8 Å². The third-order valence-corrected chi connectivity index (χ3v) is 8.11. The van der Waals surface area contributed by atoms with Crippen LogP contribution in [0.1, 0.15) is 30.9 Å². The molecule has 3 rings (SSSR count). The predicted octanol–water partition coefficient (Wildman–Crippen LogP) is 5.45. The van der Waals surface area contributed by atoms with E-state index in [9.17, 15) is 22.4 Å². The summed E-state index contributed by atoms with van der Waals surface area (Å²) in [5.41, 5.74) is 1.19. The van der Waals surface area contributed by atoms with Gasteiger partial charge in [0, 0.05) is 35.1 Å². The molecule has 1 unspecified atom stereocenters. The fourth-order valence-corrected chi connectivity index (χ4v) is 5.52. The number of nitrogens with zero attached hydrogens (tertiary/aromatic N) is 2. The van der Waals surface area contributed by atoms with Crippen LogP contribution < -0.4 is 9.62 Å². The highest BCUT2D eigenvalue weighted by molar-refractivity contribution is 7.92. The normalized spacial score (nSPS) is 12.0. The molecule has 0 saturated carbocycles. The van der Waals surface area contributed by atoms with Gasteiger partial charge < -0.3 is 10.2 Å². The Balaban J connectivity index is 2.08. The standard InChI is InChI=1S/C29H32Cl2FN3O4S/c1-3-4-16-33-29(37)27(17-21-10-6-5-7-11-21)34(19-24-25(30)14-9-15-26(24)31)28(36)20-35(40(2,38)39)23-13-8-12-22(32)18-23/h5-15,18,27H,3-4,16-17,19-20H2,1-2H3,(H,33,37). The number of rotatable bonds is 13. The van der Waals surface area contributed by atoms with Crippen molar-refractivity contribution >= 4 is 50.7 Å². The number of anilines is 1. The number of carbonyl (C=O) groups excluding carboxylic acids is 2. The van der Waals surface area contributed by atoms with E-state index in [1.54, 1.807) is 18.2 Å². The van der Waals surface area contributed by atoms with E-state index < -0.39 is 40.2 Å². The Morgan fingerprint density at radius 2 is 1.62 bits per heavy atom. The van der Waals surface area contributed by atoms with Gasteiger partial charge in [-0.1, -0.05) is 79.0 Å². The van der Waals surface area contributed by atoms with E-state index in [4.69, 9.17) is 23.2 Å². The lowest BCUT2D eigenvalue weighted by Gasteiger charge is -2.34. The van der Waals surface area contributed by atoms with Crippen molar-refractivity contribution in [1.29, 1.82) is 0 Å². The molecule has 0 saturated heterocycles. The van der Waals surface area contributed by atoms with Crippen molar-refractivity contribution in [1.82, 2.24) is 10.2 Å². The molecule has 11 heteroatoms. The number of nitrogens with one attached hydrogen (secondary N) is 1. The first-order valence-electron chi connectivity index (χ1n) is 12.8. The largest absolute Gasteiger partial charge is 0.354 e. The average Bonchev–Trinajstić information content (AvgIpc) is 2.90. The number of sulfonamides is 1. The molecule has 0 heterocycles. The van der Waals surface area contributed by atoms with Gasteiger partial charge in [-0.25, -0.2) is 12.8 Å². The molecule has 3 aromatic rings. The number of halogens is 3. The first-order valence-corrected chi connectivity index (χ1v) is 15.4. The molecule has 1 atom stereocenters. The van der Waals surface area contributed by atoms with E-state index >= 15 is 0 Å². The van der Waals surface area contributed by atoms with E-state index in [0.29, 0.717) is 22.2 Å². The molecule has 0 aromatic heterocycles. The SMILES string of the molecule is CCCCNC(=O)C(Cc1ccccc1)N(Cc1c(Cl)cccc1Cl)C(=O)CN(c1cccc(F)c1)S(C)(=O)=O. The van der Waals surface area contributed by atoms with Gasteiger partial charge in [-0.15, -0.1) is 0 Å². The van der Waals surface area contributed by atoms with Crippen LogP contribution in [0.5, 0.6) is 0 Å². The summed E-state index contributed by atoms with van der Waals surface area (Å²) in [5, 5.41) is 3.48. The van der Waals surface area contributed by atoms with Crippen LogP contribution in [0.25, 0.3) is 0 Å². The van der Waals surface area contributed by atoms with E-state index in [1.807, 2.05) is 37.3 Å². The van der Waals surface area contributed by atoms with Crippen LogP contribution in [0, 0.1) is 5.82 Å². The second-order valence-corrected chi connectivity index (χ2v) is 12.0. The Labute approximate surface area is 244 Å². The van der Waals surface area contributed by atoms with E-state index in [2.05, 4.69) is 5.32 Å². The molecule has 0 fully saturated rings. The Hall–Kier alpha value is -3.14. The molecule has 0 aliphatic carbocycles. The summed E-state index contributed by atoms with van der Waals surface area (Å²) in [6.45, 7) is 1.58. The monoisotopic (exact) mass is 607 g/mol. The first kappa shape index (κ1) is 31.4. The topological polar surface area (TPSA) is 86.8 Å². The third kappa shape index (κ3) is 8.68. The van der Waals surface area contributed by atoms with Crippen molar-refractivity contribution in [3.63, 3.8) is 0 Å². The minimum Gasteiger partial charge on any atom is -0.354 e. The summed E-state index contributed by atoms with van der Waals surface area (Å²) >= 11 is 12.9. The Kier molecular flexibility index (Phi) is 11.4. The van der Waals surface area contributed by atoms with E-state index in [0.717, 1.165) is 35.0 Å². The van der Waals surface area contributed by atoms with Crippen LogP contribution in [-0.4, -0.2) is 50.5 Å². The van der Waals surface area contributed by atoms with Crippen molar-refractivity contribution in [2.24, 2.45) is 0 Å². The Morgan fingerprint density at radius 1 is 0.975 bits per heavy atom. The fraction of sp³-hybridized carbons (Fsp3) is 0.310. The van der Waals surface area contributed by atoms with Crippen molar-refractivity contribution < 1.29 is 22.4 Å². The summed E-state index contributed by atoms with van der Waals surface area (Å²) in [5.74, 6) is -1.74. The highest BCUT2D eigenvalue weighted by Crippen LogP contribution is 2.28. The summed E-state index contributed by atoms with van der Waals surface area (Å²) in [6.07, 6.45) is 2.69. The van der Waals surface area contributed by atoms with Crippen LogP contribution in [0.2, 0.25) is 10.0 Å². The van der Waals surface area contributed by atoms with Crippen molar-refractivity contribution in [3.8, 4) is 0 Å². The molecule has 7 nitrogen and oxygen atoms in total. The zero-order valence-electron chi connectivity index (χ0n) is 22.3. The molecule has 0 aliphatic heterocycles. The number of unbranched alkanes of at least 4 members (excludes halogenated alkanes) is 1. The summed E-state index contributed by atoms with van der Waals surface area (Å²) in [7, 11) is -4.01. The van der Waals surface area contributed by atoms with Gasteiger partial charge in [0.25, 0.3) is 0 Å². The third-order valence-electron chi connectivity index (χ3n) is 6.27. The summed E-state index contributed by atoms with van der Waals surface area (Å²) < 4.78 is 40.3. The van der Waals surface area contributed by atoms with Crippen molar-refractivity contribution in [2.45, 2.75) is 38.8 Å². The summed E-state index contributed by atoms with van der Waals surface area (Å²) in [4.78, 5) is 28.9. The maximum absolute atomic E-state index is 14.0. The summed E-state index contributed by atoms with van der Waals surface area (Å²) in [6, 6.07) is 18.0. The van der Waals surface area contributed by atoms with Gasteiger partial charge in [-0.2, -0.15) is 0 Å². The zero-order chi connectivity index (χ0) is 29.3. The van der Waals surface area contributed by atoms with Crippen LogP contribution >= 0.6 is 23.2 Å². The minimum absolute atomic E-state index is 0.0152. The van der Waals surface area contributed by atoms with Gasteiger partial charge in [0.15, 0.2) is 0 Å². The molecular formula is C29H32Cl2FN3O4S. The Bertz CT molecular complexity index is 1400.